The molecule has 0 spiro atoms. The van der Waals surface area contributed by atoms with Crippen molar-refractivity contribution < 1.29 is 4.42 Å². The lowest BCUT2D eigenvalue weighted by Crippen LogP contribution is -2.04. The molecule has 0 saturated heterocycles. The van der Waals surface area contributed by atoms with E-state index in [0.717, 1.165) is 5.56 Å². The summed E-state index contributed by atoms with van der Waals surface area (Å²) in [5.74, 6) is 0. The number of hydrogen-bond acceptors (Lipinski definition) is 3. The van der Waals surface area contributed by atoms with Crippen LogP contribution in [0.3, 0.4) is 0 Å². The summed E-state index contributed by atoms with van der Waals surface area (Å²) in [4.78, 5) is 12.4. The van der Waals surface area contributed by atoms with Gasteiger partial charge in [-0.3, -0.25) is 4.79 Å². The fourth-order valence-electron chi connectivity index (χ4n) is 2.00. The van der Waals surface area contributed by atoms with Crippen molar-refractivity contribution in [1.82, 2.24) is 0 Å². The van der Waals surface area contributed by atoms with Gasteiger partial charge < -0.3 is 4.42 Å². The van der Waals surface area contributed by atoms with Gasteiger partial charge in [-0.15, -0.1) is 0 Å². The van der Waals surface area contributed by atoms with E-state index in [9.17, 15) is 4.79 Å². The lowest BCUT2D eigenvalue weighted by atomic mass is 10.0. The molecule has 0 fully saturated rings. The highest BCUT2D eigenvalue weighted by molar-refractivity contribution is 5.81. The van der Waals surface area contributed by atoms with E-state index in [1.54, 1.807) is 36.4 Å². The Kier molecular flexibility index (Phi) is 2.62. The molecule has 1 heterocycles. The van der Waals surface area contributed by atoms with E-state index in [0.29, 0.717) is 22.1 Å². The molecular weight excluding hydrogens is 238 g/mol. The van der Waals surface area contributed by atoms with Gasteiger partial charge in [-0.25, -0.2) is 0 Å². The molecule has 0 bridgehead atoms. The second kappa shape index (κ2) is 4.43. The smallest absolute Gasteiger partial charge is 0.200 e. The van der Waals surface area contributed by atoms with Gasteiger partial charge in [0.15, 0.2) is 5.43 Å². The lowest BCUT2D eigenvalue weighted by Gasteiger charge is -2.02. The van der Waals surface area contributed by atoms with Crippen LogP contribution in [0.4, 0.5) is 0 Å². The molecule has 0 radical (unpaired) electrons. The van der Waals surface area contributed by atoms with E-state index in [-0.39, 0.29) is 5.43 Å². The highest BCUT2D eigenvalue weighted by atomic mass is 16.3. The fourth-order valence-corrected chi connectivity index (χ4v) is 2.00. The maximum atomic E-state index is 12.4. The van der Waals surface area contributed by atoms with E-state index in [1.807, 2.05) is 18.2 Å². The molecule has 3 aromatic rings. The van der Waals surface area contributed by atoms with Gasteiger partial charge in [-0.05, 0) is 29.8 Å². The van der Waals surface area contributed by atoms with Crippen molar-refractivity contribution in [2.24, 2.45) is 0 Å². The van der Waals surface area contributed by atoms with Crippen molar-refractivity contribution in [3.8, 4) is 17.2 Å². The van der Waals surface area contributed by atoms with Crippen LogP contribution in [0.25, 0.3) is 22.1 Å². The number of nitriles is 1. The summed E-state index contributed by atoms with van der Waals surface area (Å²) < 4.78 is 5.47. The third-order valence-electron chi connectivity index (χ3n) is 3.01. The first-order chi connectivity index (χ1) is 9.29. The molecule has 2 aromatic carbocycles. The van der Waals surface area contributed by atoms with Gasteiger partial charge in [-0.2, -0.15) is 5.26 Å². The normalized spacial score (nSPS) is 10.3. The van der Waals surface area contributed by atoms with Crippen LogP contribution in [-0.2, 0) is 0 Å². The maximum Gasteiger partial charge on any atom is 0.200 e. The second-order valence-corrected chi connectivity index (χ2v) is 4.16. The first-order valence-corrected chi connectivity index (χ1v) is 5.80. The highest BCUT2D eigenvalue weighted by Crippen LogP contribution is 2.19. The molecule has 0 atom stereocenters. The first kappa shape index (κ1) is 11.2. The van der Waals surface area contributed by atoms with Crippen LogP contribution in [0.5, 0.6) is 0 Å². The highest BCUT2D eigenvalue weighted by Gasteiger charge is 2.08. The van der Waals surface area contributed by atoms with Crippen molar-refractivity contribution >= 4 is 11.0 Å². The maximum absolute atomic E-state index is 12.4. The Morgan fingerprint density at radius 2 is 1.74 bits per heavy atom. The molecular formula is C16H9NO2. The van der Waals surface area contributed by atoms with Crippen molar-refractivity contribution in [1.29, 1.82) is 5.26 Å². The molecule has 0 unspecified atom stereocenters. The quantitative estimate of drug-likeness (QED) is 0.662. The van der Waals surface area contributed by atoms with Crippen LogP contribution in [0.2, 0.25) is 0 Å². The topological polar surface area (TPSA) is 54.0 Å². The minimum atomic E-state index is -0.0634. The van der Waals surface area contributed by atoms with E-state index in [2.05, 4.69) is 0 Å². The minimum Gasteiger partial charge on any atom is -0.463 e. The monoisotopic (exact) mass is 247 g/mol. The third kappa shape index (κ3) is 1.90. The summed E-state index contributed by atoms with van der Waals surface area (Å²) in [6, 6.07) is 16.1. The van der Waals surface area contributed by atoms with Crippen LogP contribution >= 0.6 is 0 Å². The first-order valence-electron chi connectivity index (χ1n) is 5.80. The number of rotatable bonds is 1. The molecule has 90 valence electrons. The Hall–Kier alpha value is -2.86. The molecule has 19 heavy (non-hydrogen) atoms. The van der Waals surface area contributed by atoms with Crippen LogP contribution in [0.15, 0.2) is 64.0 Å². The average Bonchev–Trinajstić information content (AvgIpc) is 2.48. The predicted molar refractivity (Wildman–Crippen MR) is 72.6 cm³/mol. The van der Waals surface area contributed by atoms with E-state index in [1.165, 1.54) is 6.26 Å². The van der Waals surface area contributed by atoms with Crippen LogP contribution in [-0.4, -0.2) is 0 Å². The molecule has 0 aliphatic carbocycles. The number of benzene rings is 2. The predicted octanol–water partition coefficient (Wildman–Crippen LogP) is 3.33. The number of hydrogen-bond donors (Lipinski definition) is 0. The van der Waals surface area contributed by atoms with E-state index in [4.69, 9.17) is 9.68 Å². The van der Waals surface area contributed by atoms with Crippen LogP contribution in [0.1, 0.15) is 5.56 Å². The molecule has 0 N–H and O–H groups in total. The Morgan fingerprint density at radius 3 is 2.47 bits per heavy atom. The molecule has 3 rings (SSSR count). The molecule has 0 amide bonds. The standard InChI is InChI=1S/C16H9NO2/c17-9-11-5-7-12(8-6-11)14-10-19-15-4-2-1-3-13(15)16(14)18/h1-8,10H. The number of nitrogens with zero attached hydrogens (tertiary/aromatic N) is 1. The van der Waals surface area contributed by atoms with Gasteiger partial charge in [0.05, 0.1) is 22.6 Å². The molecule has 3 nitrogen and oxygen atoms in total. The van der Waals surface area contributed by atoms with Crippen molar-refractivity contribution in [3.05, 3.63) is 70.6 Å². The van der Waals surface area contributed by atoms with Gasteiger partial charge in [0.2, 0.25) is 0 Å². The summed E-state index contributed by atoms with van der Waals surface area (Å²) in [6.07, 6.45) is 1.46. The molecule has 3 heteroatoms. The van der Waals surface area contributed by atoms with Crippen molar-refractivity contribution in [2.75, 3.05) is 0 Å². The van der Waals surface area contributed by atoms with Gasteiger partial charge in [-0.1, -0.05) is 24.3 Å². The largest absolute Gasteiger partial charge is 0.463 e. The zero-order valence-corrected chi connectivity index (χ0v) is 9.96. The summed E-state index contributed by atoms with van der Waals surface area (Å²) in [5, 5.41) is 9.32. The average molecular weight is 247 g/mol. The van der Waals surface area contributed by atoms with Gasteiger partial charge >= 0.3 is 0 Å². The zero-order chi connectivity index (χ0) is 13.2. The van der Waals surface area contributed by atoms with E-state index < -0.39 is 0 Å². The van der Waals surface area contributed by atoms with Gasteiger partial charge in [0.1, 0.15) is 11.8 Å². The Bertz CT molecular complexity index is 839. The zero-order valence-electron chi connectivity index (χ0n) is 9.96. The third-order valence-corrected chi connectivity index (χ3v) is 3.01. The molecule has 1 aromatic heterocycles. The second-order valence-electron chi connectivity index (χ2n) is 4.16. The summed E-state index contributed by atoms with van der Waals surface area (Å²) in [7, 11) is 0. The molecule has 0 aliphatic heterocycles. The minimum absolute atomic E-state index is 0.0634. The Labute approximate surface area is 109 Å². The fraction of sp³-hybridized carbons (Fsp3) is 0. The Morgan fingerprint density at radius 1 is 1.00 bits per heavy atom. The molecule has 0 aliphatic rings. The summed E-state index contributed by atoms with van der Waals surface area (Å²) in [6.45, 7) is 0. The van der Waals surface area contributed by atoms with Crippen molar-refractivity contribution in [3.63, 3.8) is 0 Å². The van der Waals surface area contributed by atoms with Crippen molar-refractivity contribution in [2.45, 2.75) is 0 Å². The van der Waals surface area contributed by atoms with E-state index >= 15 is 0 Å². The number of fused-ring (bicyclic) bond motifs is 1. The van der Waals surface area contributed by atoms with Crippen LogP contribution < -0.4 is 5.43 Å². The lowest BCUT2D eigenvalue weighted by molar-refractivity contribution is 0.604. The molecule has 0 saturated carbocycles. The van der Waals surface area contributed by atoms with Gasteiger partial charge in [0.25, 0.3) is 0 Å². The summed E-state index contributed by atoms with van der Waals surface area (Å²) >= 11 is 0. The number of para-hydroxylation sites is 1. The Balaban J connectivity index is 2.23. The van der Waals surface area contributed by atoms with Gasteiger partial charge in [0, 0.05) is 0 Å². The SMILES string of the molecule is N#Cc1ccc(-c2coc3ccccc3c2=O)cc1. The van der Waals surface area contributed by atoms with Crippen LogP contribution in [0, 0.1) is 11.3 Å². The summed E-state index contributed by atoms with van der Waals surface area (Å²) in [5.41, 5.74) is 2.33.